The second-order valence-corrected chi connectivity index (χ2v) is 6.22. The SMILES string of the molecule is Cc1ccc([C@H](Nc2ccccc2)[C@@H]2CCCCC2=O)cc1. The van der Waals surface area contributed by atoms with Gasteiger partial charge in [-0.1, -0.05) is 54.4 Å². The first-order valence-electron chi connectivity index (χ1n) is 8.15. The summed E-state index contributed by atoms with van der Waals surface area (Å²) in [5.74, 6) is 0.483. The number of nitrogens with one attached hydrogen (secondary N) is 1. The molecule has 2 aromatic rings. The molecule has 0 aromatic heterocycles. The maximum atomic E-state index is 12.4. The molecule has 2 nitrogen and oxygen atoms in total. The van der Waals surface area contributed by atoms with Gasteiger partial charge in [-0.25, -0.2) is 0 Å². The van der Waals surface area contributed by atoms with Crippen molar-refractivity contribution < 1.29 is 4.79 Å². The van der Waals surface area contributed by atoms with Crippen molar-refractivity contribution in [2.45, 2.75) is 38.6 Å². The third-order valence-corrected chi connectivity index (χ3v) is 4.54. The first-order chi connectivity index (χ1) is 10.7. The fourth-order valence-corrected chi connectivity index (χ4v) is 3.27. The molecule has 0 saturated heterocycles. The standard InChI is InChI=1S/C20H23NO/c1-15-11-13-16(14-12-15)20(18-9-5-6-10-19(18)22)21-17-7-3-2-4-8-17/h2-4,7-8,11-14,18,20-21H,5-6,9-10H2,1H3/t18-,20+/m1/s1. The van der Waals surface area contributed by atoms with Crippen LogP contribution in [-0.2, 0) is 4.79 Å². The van der Waals surface area contributed by atoms with Gasteiger partial charge in [0, 0.05) is 18.0 Å². The first-order valence-corrected chi connectivity index (χ1v) is 8.15. The highest BCUT2D eigenvalue weighted by atomic mass is 16.1. The highest BCUT2D eigenvalue weighted by molar-refractivity contribution is 5.83. The number of hydrogen-bond acceptors (Lipinski definition) is 2. The Balaban J connectivity index is 1.90. The Morgan fingerprint density at radius 2 is 1.73 bits per heavy atom. The Morgan fingerprint density at radius 3 is 2.41 bits per heavy atom. The number of rotatable bonds is 4. The van der Waals surface area contributed by atoms with E-state index < -0.39 is 0 Å². The minimum Gasteiger partial charge on any atom is -0.378 e. The summed E-state index contributed by atoms with van der Waals surface area (Å²) in [6.45, 7) is 2.09. The largest absolute Gasteiger partial charge is 0.378 e. The van der Waals surface area contributed by atoms with Crippen molar-refractivity contribution in [2.75, 3.05) is 5.32 Å². The summed E-state index contributed by atoms with van der Waals surface area (Å²) in [6, 6.07) is 18.8. The molecule has 0 amide bonds. The summed E-state index contributed by atoms with van der Waals surface area (Å²) >= 11 is 0. The van der Waals surface area contributed by atoms with Gasteiger partial charge in [0.25, 0.3) is 0 Å². The molecule has 0 unspecified atom stereocenters. The lowest BCUT2D eigenvalue weighted by Gasteiger charge is -2.31. The van der Waals surface area contributed by atoms with Gasteiger partial charge in [-0.3, -0.25) is 4.79 Å². The number of anilines is 1. The molecule has 0 heterocycles. The van der Waals surface area contributed by atoms with Crippen LogP contribution in [-0.4, -0.2) is 5.78 Å². The molecule has 2 aromatic carbocycles. The molecule has 0 aliphatic heterocycles. The number of benzene rings is 2. The molecule has 1 saturated carbocycles. The monoisotopic (exact) mass is 293 g/mol. The number of carbonyl (C=O) groups is 1. The number of ketones is 1. The van der Waals surface area contributed by atoms with E-state index in [-0.39, 0.29) is 12.0 Å². The van der Waals surface area contributed by atoms with Crippen molar-refractivity contribution in [3.8, 4) is 0 Å². The van der Waals surface area contributed by atoms with Crippen LogP contribution in [0.1, 0.15) is 42.9 Å². The van der Waals surface area contributed by atoms with Gasteiger partial charge in [0.15, 0.2) is 0 Å². The van der Waals surface area contributed by atoms with Crippen LogP contribution in [0, 0.1) is 12.8 Å². The molecule has 0 spiro atoms. The second-order valence-electron chi connectivity index (χ2n) is 6.22. The fourth-order valence-electron chi connectivity index (χ4n) is 3.27. The Kier molecular flexibility index (Phi) is 4.57. The fraction of sp³-hybridized carbons (Fsp3) is 0.350. The molecule has 1 fully saturated rings. The Hall–Kier alpha value is -2.09. The summed E-state index contributed by atoms with van der Waals surface area (Å²) in [4.78, 5) is 12.4. The van der Waals surface area contributed by atoms with Crippen molar-refractivity contribution in [3.63, 3.8) is 0 Å². The van der Waals surface area contributed by atoms with Gasteiger partial charge < -0.3 is 5.32 Å². The predicted molar refractivity (Wildman–Crippen MR) is 90.9 cm³/mol. The van der Waals surface area contributed by atoms with E-state index in [2.05, 4.69) is 48.6 Å². The van der Waals surface area contributed by atoms with Crippen molar-refractivity contribution in [1.29, 1.82) is 0 Å². The van der Waals surface area contributed by atoms with Crippen molar-refractivity contribution in [1.82, 2.24) is 0 Å². The maximum Gasteiger partial charge on any atom is 0.138 e. The van der Waals surface area contributed by atoms with Gasteiger partial charge in [0.05, 0.1) is 6.04 Å². The lowest BCUT2D eigenvalue weighted by molar-refractivity contribution is -0.125. The van der Waals surface area contributed by atoms with Crippen LogP contribution in [0.4, 0.5) is 5.69 Å². The average Bonchev–Trinajstić information content (AvgIpc) is 2.55. The highest BCUT2D eigenvalue weighted by Crippen LogP contribution is 2.34. The molecule has 22 heavy (non-hydrogen) atoms. The quantitative estimate of drug-likeness (QED) is 0.868. The van der Waals surface area contributed by atoms with Gasteiger partial charge >= 0.3 is 0 Å². The van der Waals surface area contributed by atoms with Crippen LogP contribution in [0.5, 0.6) is 0 Å². The van der Waals surface area contributed by atoms with Crippen LogP contribution in [0.2, 0.25) is 0 Å². The predicted octanol–water partition coefficient (Wildman–Crippen LogP) is 4.91. The van der Waals surface area contributed by atoms with Crippen LogP contribution in [0.15, 0.2) is 54.6 Å². The van der Waals surface area contributed by atoms with E-state index in [4.69, 9.17) is 0 Å². The van der Waals surface area contributed by atoms with E-state index in [1.165, 1.54) is 11.1 Å². The zero-order valence-electron chi connectivity index (χ0n) is 13.1. The van der Waals surface area contributed by atoms with Gasteiger partial charge in [0.1, 0.15) is 5.78 Å². The topological polar surface area (TPSA) is 29.1 Å². The van der Waals surface area contributed by atoms with E-state index in [9.17, 15) is 4.79 Å². The smallest absolute Gasteiger partial charge is 0.138 e. The van der Waals surface area contributed by atoms with E-state index in [1.807, 2.05) is 18.2 Å². The zero-order valence-corrected chi connectivity index (χ0v) is 13.1. The van der Waals surface area contributed by atoms with Crippen molar-refractivity contribution in [3.05, 3.63) is 65.7 Å². The van der Waals surface area contributed by atoms with Crippen molar-refractivity contribution in [2.24, 2.45) is 5.92 Å². The molecule has 114 valence electrons. The van der Waals surface area contributed by atoms with Gasteiger partial charge in [-0.15, -0.1) is 0 Å². The minimum atomic E-state index is 0.0656. The molecule has 1 aliphatic rings. The number of hydrogen-bond donors (Lipinski definition) is 1. The maximum absolute atomic E-state index is 12.4. The summed E-state index contributed by atoms with van der Waals surface area (Å²) in [7, 11) is 0. The molecule has 1 N–H and O–H groups in total. The second kappa shape index (κ2) is 6.78. The number of carbonyl (C=O) groups excluding carboxylic acids is 1. The lowest BCUT2D eigenvalue weighted by Crippen LogP contribution is -2.30. The Labute approximate surface area is 132 Å². The summed E-state index contributed by atoms with van der Waals surface area (Å²) in [5.41, 5.74) is 3.53. The minimum absolute atomic E-state index is 0.0656. The van der Waals surface area contributed by atoms with Crippen LogP contribution >= 0.6 is 0 Å². The van der Waals surface area contributed by atoms with Crippen LogP contribution in [0.3, 0.4) is 0 Å². The van der Waals surface area contributed by atoms with Crippen molar-refractivity contribution >= 4 is 11.5 Å². The van der Waals surface area contributed by atoms with Gasteiger partial charge in [0.2, 0.25) is 0 Å². The Bertz CT molecular complexity index is 618. The van der Waals surface area contributed by atoms with Crippen LogP contribution in [0.25, 0.3) is 0 Å². The van der Waals surface area contributed by atoms with E-state index in [1.54, 1.807) is 0 Å². The molecule has 1 aliphatic carbocycles. The number of aryl methyl sites for hydroxylation is 1. The molecule has 2 heteroatoms. The van der Waals surface area contributed by atoms with E-state index >= 15 is 0 Å². The highest BCUT2D eigenvalue weighted by Gasteiger charge is 2.31. The lowest BCUT2D eigenvalue weighted by atomic mass is 9.80. The summed E-state index contributed by atoms with van der Waals surface area (Å²) in [5, 5.41) is 3.59. The average molecular weight is 293 g/mol. The molecular formula is C20H23NO. The van der Waals surface area contributed by atoms with E-state index in [0.717, 1.165) is 31.4 Å². The zero-order chi connectivity index (χ0) is 15.4. The van der Waals surface area contributed by atoms with Gasteiger partial charge in [-0.2, -0.15) is 0 Å². The molecule has 2 atom stereocenters. The third-order valence-electron chi connectivity index (χ3n) is 4.54. The van der Waals surface area contributed by atoms with E-state index in [0.29, 0.717) is 5.78 Å². The van der Waals surface area contributed by atoms with Crippen LogP contribution < -0.4 is 5.32 Å². The summed E-state index contributed by atoms with van der Waals surface area (Å²) in [6.07, 6.45) is 3.90. The normalized spacial score (nSPS) is 19.7. The Morgan fingerprint density at radius 1 is 1.00 bits per heavy atom. The van der Waals surface area contributed by atoms with Gasteiger partial charge in [-0.05, 0) is 37.5 Å². The molecular weight excluding hydrogens is 270 g/mol. The molecule has 3 rings (SSSR count). The first kappa shape index (κ1) is 14.8. The number of para-hydroxylation sites is 1. The molecule has 0 radical (unpaired) electrons. The number of Topliss-reactive ketones (excluding diaryl/α,β-unsaturated/α-hetero) is 1. The summed E-state index contributed by atoms with van der Waals surface area (Å²) < 4.78 is 0. The third kappa shape index (κ3) is 3.38. The molecule has 0 bridgehead atoms.